The smallest absolute Gasteiger partial charge is 0.164 e. The van der Waals surface area contributed by atoms with Gasteiger partial charge in [0.15, 0.2) is 5.82 Å². The molecule has 1 fully saturated rings. The number of halogens is 1. The number of H-pyrrole nitrogens is 1. The van der Waals surface area contributed by atoms with Crippen molar-refractivity contribution in [1.29, 1.82) is 0 Å². The zero-order valence-corrected chi connectivity index (χ0v) is 12.1. The SMILES string of the molecule is Cc1nc(CN2CCN(c3ccnc(Cl)c3)CC2)n[nH]1. The predicted molar refractivity (Wildman–Crippen MR) is 77.9 cm³/mol. The Morgan fingerprint density at radius 3 is 2.75 bits per heavy atom. The van der Waals surface area contributed by atoms with Gasteiger partial charge in [-0.05, 0) is 19.1 Å². The Hall–Kier alpha value is -1.66. The number of aryl methyl sites for hydroxylation is 1. The molecule has 0 bridgehead atoms. The molecule has 0 unspecified atom stereocenters. The molecule has 0 aromatic carbocycles. The van der Waals surface area contributed by atoms with Gasteiger partial charge in [-0.15, -0.1) is 0 Å². The van der Waals surface area contributed by atoms with E-state index >= 15 is 0 Å². The first-order valence-corrected chi connectivity index (χ1v) is 7.05. The molecule has 0 atom stereocenters. The molecule has 3 rings (SSSR count). The second kappa shape index (κ2) is 5.76. The number of hydrogen-bond acceptors (Lipinski definition) is 5. The molecule has 0 saturated carbocycles. The fraction of sp³-hybridized carbons (Fsp3) is 0.462. The summed E-state index contributed by atoms with van der Waals surface area (Å²) in [7, 11) is 0. The highest BCUT2D eigenvalue weighted by atomic mass is 35.5. The van der Waals surface area contributed by atoms with E-state index in [0.29, 0.717) is 5.15 Å². The van der Waals surface area contributed by atoms with Crippen molar-refractivity contribution >= 4 is 17.3 Å². The van der Waals surface area contributed by atoms with Gasteiger partial charge in [0.1, 0.15) is 11.0 Å². The van der Waals surface area contributed by atoms with Crippen LogP contribution in [0.1, 0.15) is 11.6 Å². The first kappa shape index (κ1) is 13.3. The molecular weight excluding hydrogens is 276 g/mol. The minimum absolute atomic E-state index is 0.543. The quantitative estimate of drug-likeness (QED) is 0.869. The van der Waals surface area contributed by atoms with Crippen molar-refractivity contribution in [1.82, 2.24) is 25.1 Å². The van der Waals surface area contributed by atoms with Crippen LogP contribution in [0.4, 0.5) is 5.69 Å². The number of rotatable bonds is 3. The molecule has 1 aliphatic rings. The summed E-state index contributed by atoms with van der Waals surface area (Å²) >= 11 is 5.93. The highest BCUT2D eigenvalue weighted by Crippen LogP contribution is 2.19. The Bertz CT molecular complexity index is 576. The van der Waals surface area contributed by atoms with Gasteiger partial charge >= 0.3 is 0 Å². The topological polar surface area (TPSA) is 60.9 Å². The van der Waals surface area contributed by atoms with E-state index in [1.807, 2.05) is 19.1 Å². The summed E-state index contributed by atoms with van der Waals surface area (Å²) < 4.78 is 0. The molecule has 6 nitrogen and oxygen atoms in total. The largest absolute Gasteiger partial charge is 0.369 e. The molecule has 2 aromatic heterocycles. The third-order valence-electron chi connectivity index (χ3n) is 3.46. The molecule has 3 heterocycles. The summed E-state index contributed by atoms with van der Waals surface area (Å²) in [6, 6.07) is 3.91. The first-order valence-electron chi connectivity index (χ1n) is 6.67. The molecule has 20 heavy (non-hydrogen) atoms. The highest BCUT2D eigenvalue weighted by Gasteiger charge is 2.18. The molecule has 0 radical (unpaired) electrons. The van der Waals surface area contributed by atoms with Gasteiger partial charge in [0, 0.05) is 38.1 Å². The molecule has 0 amide bonds. The number of pyridine rings is 1. The Morgan fingerprint density at radius 1 is 1.30 bits per heavy atom. The fourth-order valence-electron chi connectivity index (χ4n) is 2.41. The number of anilines is 1. The van der Waals surface area contributed by atoms with Gasteiger partial charge in [0.25, 0.3) is 0 Å². The Labute approximate surface area is 122 Å². The zero-order chi connectivity index (χ0) is 13.9. The van der Waals surface area contributed by atoms with E-state index in [0.717, 1.165) is 50.1 Å². The van der Waals surface area contributed by atoms with Crippen LogP contribution in [0.2, 0.25) is 5.15 Å². The van der Waals surface area contributed by atoms with Crippen LogP contribution in [0.3, 0.4) is 0 Å². The van der Waals surface area contributed by atoms with Gasteiger partial charge in [0.2, 0.25) is 0 Å². The lowest BCUT2D eigenvalue weighted by atomic mass is 10.2. The summed E-state index contributed by atoms with van der Waals surface area (Å²) in [6.45, 7) is 6.66. The van der Waals surface area contributed by atoms with E-state index < -0.39 is 0 Å². The minimum atomic E-state index is 0.543. The average molecular weight is 293 g/mol. The van der Waals surface area contributed by atoms with E-state index in [4.69, 9.17) is 11.6 Å². The van der Waals surface area contributed by atoms with Crippen molar-refractivity contribution in [2.24, 2.45) is 0 Å². The monoisotopic (exact) mass is 292 g/mol. The predicted octanol–water partition coefficient (Wildman–Crippen LogP) is 1.48. The maximum atomic E-state index is 5.93. The van der Waals surface area contributed by atoms with Gasteiger partial charge in [-0.25, -0.2) is 9.97 Å². The number of nitrogens with zero attached hydrogens (tertiary/aromatic N) is 5. The lowest BCUT2D eigenvalue weighted by Crippen LogP contribution is -2.46. The van der Waals surface area contributed by atoms with Crippen LogP contribution in [0.5, 0.6) is 0 Å². The lowest BCUT2D eigenvalue weighted by Gasteiger charge is -2.35. The van der Waals surface area contributed by atoms with Crippen LogP contribution in [-0.4, -0.2) is 51.2 Å². The molecule has 1 N–H and O–H groups in total. The van der Waals surface area contributed by atoms with Gasteiger partial charge in [-0.1, -0.05) is 11.6 Å². The van der Waals surface area contributed by atoms with E-state index in [-0.39, 0.29) is 0 Å². The Kier molecular flexibility index (Phi) is 3.84. The molecule has 7 heteroatoms. The van der Waals surface area contributed by atoms with Gasteiger partial charge in [0.05, 0.1) is 6.54 Å². The van der Waals surface area contributed by atoms with Crippen molar-refractivity contribution < 1.29 is 0 Å². The summed E-state index contributed by atoms with van der Waals surface area (Å²) in [4.78, 5) is 13.1. The zero-order valence-electron chi connectivity index (χ0n) is 11.4. The molecule has 1 aliphatic heterocycles. The average Bonchev–Trinajstić information content (AvgIpc) is 2.85. The number of aromatic amines is 1. The minimum Gasteiger partial charge on any atom is -0.369 e. The summed E-state index contributed by atoms with van der Waals surface area (Å²) in [5, 5.41) is 7.60. The van der Waals surface area contributed by atoms with Crippen molar-refractivity contribution in [3.63, 3.8) is 0 Å². The van der Waals surface area contributed by atoms with Crippen molar-refractivity contribution in [2.75, 3.05) is 31.1 Å². The maximum absolute atomic E-state index is 5.93. The Morgan fingerprint density at radius 2 is 2.10 bits per heavy atom. The standard InChI is InChI=1S/C13H17ClN6/c1-10-16-13(18-17-10)9-19-4-6-20(7-5-19)11-2-3-15-12(14)8-11/h2-3,8H,4-7,9H2,1H3,(H,16,17,18). The number of nitrogens with one attached hydrogen (secondary N) is 1. The third kappa shape index (κ3) is 3.08. The molecule has 2 aromatic rings. The summed E-state index contributed by atoms with van der Waals surface area (Å²) in [6.07, 6.45) is 1.75. The van der Waals surface area contributed by atoms with Crippen LogP contribution in [0.25, 0.3) is 0 Å². The van der Waals surface area contributed by atoms with Crippen LogP contribution in [-0.2, 0) is 6.54 Å². The lowest BCUT2D eigenvalue weighted by molar-refractivity contribution is 0.244. The van der Waals surface area contributed by atoms with E-state index in [1.54, 1.807) is 6.20 Å². The first-order chi connectivity index (χ1) is 9.70. The van der Waals surface area contributed by atoms with Crippen LogP contribution in [0.15, 0.2) is 18.3 Å². The van der Waals surface area contributed by atoms with E-state index in [9.17, 15) is 0 Å². The number of aromatic nitrogens is 4. The van der Waals surface area contributed by atoms with Gasteiger partial charge < -0.3 is 4.90 Å². The van der Waals surface area contributed by atoms with Crippen molar-refractivity contribution in [2.45, 2.75) is 13.5 Å². The van der Waals surface area contributed by atoms with Crippen LogP contribution < -0.4 is 4.90 Å². The van der Waals surface area contributed by atoms with Gasteiger partial charge in [-0.2, -0.15) is 5.10 Å². The molecule has 1 saturated heterocycles. The highest BCUT2D eigenvalue weighted by molar-refractivity contribution is 6.29. The molecular formula is C13H17ClN6. The fourth-order valence-corrected chi connectivity index (χ4v) is 2.58. The Balaban J connectivity index is 1.57. The number of piperazine rings is 1. The maximum Gasteiger partial charge on any atom is 0.164 e. The molecule has 106 valence electrons. The van der Waals surface area contributed by atoms with Crippen molar-refractivity contribution in [3.8, 4) is 0 Å². The molecule has 0 aliphatic carbocycles. The molecule has 0 spiro atoms. The second-order valence-electron chi connectivity index (χ2n) is 4.94. The van der Waals surface area contributed by atoms with Crippen LogP contribution >= 0.6 is 11.6 Å². The van der Waals surface area contributed by atoms with E-state index in [1.165, 1.54) is 0 Å². The second-order valence-corrected chi connectivity index (χ2v) is 5.32. The summed E-state index contributed by atoms with van der Waals surface area (Å²) in [5.41, 5.74) is 1.14. The van der Waals surface area contributed by atoms with Crippen molar-refractivity contribution in [3.05, 3.63) is 35.1 Å². The van der Waals surface area contributed by atoms with Gasteiger partial charge in [-0.3, -0.25) is 10.00 Å². The normalized spacial score (nSPS) is 16.6. The summed E-state index contributed by atoms with van der Waals surface area (Å²) in [5.74, 6) is 1.73. The van der Waals surface area contributed by atoms with Crippen LogP contribution in [0, 0.1) is 6.92 Å². The third-order valence-corrected chi connectivity index (χ3v) is 3.66. The van der Waals surface area contributed by atoms with E-state index in [2.05, 4.69) is 30.0 Å². The number of hydrogen-bond donors (Lipinski definition) is 1.